The van der Waals surface area contributed by atoms with Crippen molar-refractivity contribution >= 4 is 17.9 Å². The van der Waals surface area contributed by atoms with E-state index in [1.54, 1.807) is 0 Å². The number of benzene rings is 4. The van der Waals surface area contributed by atoms with E-state index in [1.165, 1.54) is 32.9 Å². The Balaban J connectivity index is 1.90. The van der Waals surface area contributed by atoms with Gasteiger partial charge in [0.05, 0.1) is 0 Å². The summed E-state index contributed by atoms with van der Waals surface area (Å²) in [6.45, 7) is 4.74. The summed E-state index contributed by atoms with van der Waals surface area (Å²) in [6.07, 6.45) is 0. The van der Waals surface area contributed by atoms with Crippen LogP contribution >= 0.6 is 7.26 Å². The van der Waals surface area contributed by atoms with Crippen LogP contribution in [-0.4, -0.2) is 0 Å². The van der Waals surface area contributed by atoms with Gasteiger partial charge in [-0.1, -0.05) is 97.1 Å². The Kier molecular flexibility index (Phi) is 5.34. The van der Waals surface area contributed by atoms with Crippen molar-refractivity contribution in [2.24, 2.45) is 0 Å². The van der Waals surface area contributed by atoms with Gasteiger partial charge in [-0.3, -0.25) is 0 Å². The third-order valence-corrected chi connectivity index (χ3v) is 12.2. The maximum absolute atomic E-state index is 2.37. The van der Waals surface area contributed by atoms with Crippen LogP contribution in [0.5, 0.6) is 0 Å². The minimum atomic E-state index is -1.90. The number of hydrogen-bond acceptors (Lipinski definition) is 0. The molecule has 152 valence electrons. The van der Waals surface area contributed by atoms with Crippen molar-refractivity contribution in [3.8, 4) is 0 Å². The summed E-state index contributed by atoms with van der Waals surface area (Å²) in [6, 6.07) is 45.0. The van der Waals surface area contributed by atoms with E-state index in [0.717, 1.165) is 0 Å². The predicted molar refractivity (Wildman–Crippen MR) is 136 cm³/mol. The van der Waals surface area contributed by atoms with Crippen molar-refractivity contribution in [2.75, 3.05) is 0 Å². The van der Waals surface area contributed by atoms with Crippen LogP contribution in [0.25, 0.3) is 0 Å². The van der Waals surface area contributed by atoms with E-state index in [2.05, 4.69) is 135 Å². The zero-order valence-corrected chi connectivity index (χ0v) is 19.0. The van der Waals surface area contributed by atoms with Crippen LogP contribution in [0.4, 0.5) is 0 Å². The molecule has 1 heterocycles. The van der Waals surface area contributed by atoms with E-state index in [4.69, 9.17) is 0 Å². The zero-order valence-electron chi connectivity index (χ0n) is 18.1. The maximum Gasteiger partial charge on any atom is 0.126 e. The maximum atomic E-state index is 2.37. The van der Waals surface area contributed by atoms with Gasteiger partial charge in [-0.15, -0.1) is 0 Å². The third kappa shape index (κ3) is 3.18. The van der Waals surface area contributed by atoms with E-state index >= 15 is 0 Å². The van der Waals surface area contributed by atoms with Gasteiger partial charge >= 0.3 is 0 Å². The zero-order chi connectivity index (χ0) is 21.3. The van der Waals surface area contributed by atoms with Gasteiger partial charge in [-0.05, 0) is 60.4 Å². The van der Waals surface area contributed by atoms with Crippen molar-refractivity contribution in [3.05, 3.63) is 144 Å². The molecule has 0 fully saturated rings. The average Bonchev–Trinajstić information content (AvgIpc) is 3.09. The fraction of sp³-hybridized carbons (Fsp3) is 0.133. The number of allylic oxidation sites excluding steroid dienone is 2. The van der Waals surface area contributed by atoms with Crippen LogP contribution in [0.3, 0.4) is 0 Å². The molecule has 2 unspecified atom stereocenters. The summed E-state index contributed by atoms with van der Waals surface area (Å²) in [5.41, 5.74) is 6.67. The van der Waals surface area contributed by atoms with Gasteiger partial charge in [-0.25, -0.2) is 0 Å². The lowest BCUT2D eigenvalue weighted by atomic mass is 9.97. The minimum absolute atomic E-state index is 0.378. The normalized spacial score (nSPS) is 20.1. The van der Waals surface area contributed by atoms with Crippen LogP contribution < -0.4 is 10.6 Å². The van der Waals surface area contributed by atoms with E-state index in [9.17, 15) is 0 Å². The van der Waals surface area contributed by atoms with E-state index in [1.807, 2.05) is 0 Å². The summed E-state index contributed by atoms with van der Waals surface area (Å²) < 4.78 is 0. The molecule has 1 heteroatoms. The Morgan fingerprint density at radius 1 is 0.419 bits per heavy atom. The highest BCUT2D eigenvalue weighted by Gasteiger charge is 2.62. The summed E-state index contributed by atoms with van der Waals surface area (Å²) in [4.78, 5) is 0. The van der Waals surface area contributed by atoms with Crippen LogP contribution in [0.1, 0.15) is 36.3 Å². The molecule has 0 aromatic heterocycles. The fourth-order valence-corrected chi connectivity index (χ4v) is 11.6. The van der Waals surface area contributed by atoms with Gasteiger partial charge in [0.25, 0.3) is 0 Å². The first-order valence-corrected chi connectivity index (χ1v) is 12.9. The molecule has 0 spiro atoms. The summed E-state index contributed by atoms with van der Waals surface area (Å²) in [5, 5.41) is 2.97. The SMILES string of the molecule is CC1=C(C)C(c2ccccc2)[P+](c2ccccc2)(c2ccccc2)C1c1ccccc1. The van der Waals surface area contributed by atoms with E-state index < -0.39 is 7.26 Å². The van der Waals surface area contributed by atoms with Crippen LogP contribution in [0, 0.1) is 0 Å². The standard InChI is InChI=1S/C30H28P/c1-23-24(2)30(26-17-9-4-10-18-26)31(27-19-11-5-12-20-27,28-21-13-6-14-22-28)29(23)25-15-7-3-8-16-25/h3-22,29-30H,1-2H3/q+1. The molecular weight excluding hydrogens is 391 g/mol. The van der Waals surface area contributed by atoms with Gasteiger partial charge in [0.2, 0.25) is 0 Å². The minimum Gasteiger partial charge on any atom is -0.0622 e. The van der Waals surface area contributed by atoms with Crippen molar-refractivity contribution < 1.29 is 0 Å². The third-order valence-electron chi connectivity index (χ3n) is 6.85. The molecule has 0 nitrogen and oxygen atoms in total. The molecule has 5 rings (SSSR count). The topological polar surface area (TPSA) is 0 Å². The Labute approximate surface area is 186 Å². The van der Waals surface area contributed by atoms with Gasteiger partial charge in [0, 0.05) is 0 Å². The lowest BCUT2D eigenvalue weighted by Crippen LogP contribution is -2.29. The van der Waals surface area contributed by atoms with E-state index in [0.29, 0.717) is 11.3 Å². The number of hydrogen-bond donors (Lipinski definition) is 0. The molecular formula is C30H28P+. The molecule has 4 aromatic carbocycles. The van der Waals surface area contributed by atoms with Crippen LogP contribution in [0.15, 0.2) is 132 Å². The summed E-state index contributed by atoms with van der Waals surface area (Å²) in [5.74, 6) is 0. The van der Waals surface area contributed by atoms with Crippen LogP contribution in [-0.2, 0) is 0 Å². The first-order valence-electron chi connectivity index (χ1n) is 11.0. The Morgan fingerprint density at radius 2 is 0.710 bits per heavy atom. The summed E-state index contributed by atoms with van der Waals surface area (Å²) in [7, 11) is -1.90. The second-order valence-corrected chi connectivity index (χ2v) is 12.1. The molecule has 0 bridgehead atoms. The first kappa shape index (κ1) is 20.0. The van der Waals surface area contributed by atoms with Gasteiger partial charge in [0.15, 0.2) is 0 Å². The van der Waals surface area contributed by atoms with Crippen molar-refractivity contribution in [1.29, 1.82) is 0 Å². The second kappa shape index (κ2) is 8.29. The molecule has 31 heavy (non-hydrogen) atoms. The van der Waals surface area contributed by atoms with Gasteiger partial charge in [-0.2, -0.15) is 0 Å². The van der Waals surface area contributed by atoms with Crippen molar-refractivity contribution in [1.82, 2.24) is 0 Å². The lowest BCUT2D eigenvalue weighted by molar-refractivity contribution is 1.06. The summed E-state index contributed by atoms with van der Waals surface area (Å²) >= 11 is 0. The molecule has 1 aliphatic rings. The fourth-order valence-electron chi connectivity index (χ4n) is 5.53. The largest absolute Gasteiger partial charge is 0.126 e. The molecule has 0 radical (unpaired) electrons. The molecule has 1 aliphatic heterocycles. The number of rotatable bonds is 4. The van der Waals surface area contributed by atoms with E-state index in [-0.39, 0.29) is 0 Å². The van der Waals surface area contributed by atoms with Gasteiger partial charge < -0.3 is 0 Å². The van der Waals surface area contributed by atoms with Gasteiger partial charge in [0.1, 0.15) is 29.2 Å². The quantitative estimate of drug-likeness (QED) is 0.237. The van der Waals surface area contributed by atoms with Crippen LogP contribution in [0.2, 0.25) is 0 Å². The molecule has 0 amide bonds. The monoisotopic (exact) mass is 419 g/mol. The molecule has 0 saturated carbocycles. The second-order valence-electron chi connectivity index (χ2n) is 8.44. The Hall–Kier alpha value is -2.95. The Bertz CT molecular complexity index is 1080. The molecule has 2 atom stereocenters. The highest BCUT2D eigenvalue weighted by molar-refractivity contribution is 7.90. The predicted octanol–water partition coefficient (Wildman–Crippen LogP) is 7.49. The highest BCUT2D eigenvalue weighted by Crippen LogP contribution is 2.83. The lowest BCUT2D eigenvalue weighted by Gasteiger charge is -2.36. The molecule has 0 aliphatic carbocycles. The average molecular weight is 420 g/mol. The first-order chi connectivity index (χ1) is 15.2. The molecule has 0 N–H and O–H groups in total. The Morgan fingerprint density at radius 3 is 1.03 bits per heavy atom. The molecule has 0 saturated heterocycles. The van der Waals surface area contributed by atoms with Crippen molar-refractivity contribution in [3.63, 3.8) is 0 Å². The smallest absolute Gasteiger partial charge is 0.0622 e. The van der Waals surface area contributed by atoms with Crippen molar-refractivity contribution in [2.45, 2.75) is 25.2 Å². The highest BCUT2D eigenvalue weighted by atomic mass is 31.2. The molecule has 4 aromatic rings.